The molecule has 25 heavy (non-hydrogen) atoms. The number of furan rings is 1. The fraction of sp³-hybridized carbons (Fsp3) is 0.333. The Morgan fingerprint density at radius 2 is 2.08 bits per heavy atom. The van der Waals surface area contributed by atoms with Crippen LogP contribution in [0.15, 0.2) is 41.9 Å². The molecule has 7 heteroatoms. The van der Waals surface area contributed by atoms with Crippen LogP contribution in [0.2, 0.25) is 0 Å². The maximum absolute atomic E-state index is 10.8. The van der Waals surface area contributed by atoms with Gasteiger partial charge in [0.05, 0.1) is 4.88 Å². The predicted octanol–water partition coefficient (Wildman–Crippen LogP) is 3.72. The van der Waals surface area contributed by atoms with Crippen molar-refractivity contribution in [1.82, 2.24) is 19.5 Å². The van der Waals surface area contributed by atoms with Gasteiger partial charge in [0.25, 0.3) is 0 Å². The molecule has 0 aliphatic rings. The summed E-state index contributed by atoms with van der Waals surface area (Å²) in [4.78, 5) is 8.02. The molecule has 0 saturated heterocycles. The lowest BCUT2D eigenvalue weighted by Gasteiger charge is -2.27. The molecule has 3 heterocycles. The second kappa shape index (κ2) is 7.25. The van der Waals surface area contributed by atoms with Gasteiger partial charge in [-0.15, -0.1) is 18.3 Å². The molecule has 0 fully saturated rings. The number of hydrogen-bond donors (Lipinski definition) is 1. The third-order valence-corrected chi connectivity index (χ3v) is 5.00. The lowest BCUT2D eigenvalue weighted by molar-refractivity contribution is 0.242. The second-order valence-electron chi connectivity index (χ2n) is 5.75. The van der Waals surface area contributed by atoms with Crippen LogP contribution in [0.3, 0.4) is 0 Å². The van der Waals surface area contributed by atoms with Gasteiger partial charge in [-0.2, -0.15) is 4.52 Å². The van der Waals surface area contributed by atoms with Gasteiger partial charge in [0, 0.05) is 19.5 Å². The third kappa shape index (κ3) is 3.25. The van der Waals surface area contributed by atoms with Crippen molar-refractivity contribution in [3.8, 4) is 5.88 Å². The minimum Gasteiger partial charge on any atom is -0.492 e. The molecule has 0 saturated carbocycles. The lowest BCUT2D eigenvalue weighted by Crippen LogP contribution is -2.29. The Bertz CT molecular complexity index is 882. The largest absolute Gasteiger partial charge is 0.492 e. The number of thiazole rings is 1. The second-order valence-corrected chi connectivity index (χ2v) is 6.76. The van der Waals surface area contributed by atoms with Gasteiger partial charge in [-0.05, 0) is 19.1 Å². The molecule has 0 aliphatic carbocycles. The van der Waals surface area contributed by atoms with Crippen LogP contribution in [0, 0.1) is 6.92 Å². The summed E-state index contributed by atoms with van der Waals surface area (Å²) in [5, 5.41) is 15.1. The summed E-state index contributed by atoms with van der Waals surface area (Å²) >= 11 is 1.42. The first kappa shape index (κ1) is 17.4. The Hall–Kier alpha value is -2.38. The van der Waals surface area contributed by atoms with E-state index in [4.69, 9.17) is 4.42 Å². The summed E-state index contributed by atoms with van der Waals surface area (Å²) in [5.74, 6) is 2.40. The topological polar surface area (TPSA) is 66.8 Å². The number of aromatic hydroxyl groups is 1. The maximum Gasteiger partial charge on any atom is 0.230 e. The highest BCUT2D eigenvalue weighted by molar-refractivity contribution is 7.17. The molecular formula is C18H22N4O2S. The van der Waals surface area contributed by atoms with Crippen LogP contribution >= 0.6 is 11.3 Å². The standard InChI is InChI=1S/C18H22N4O2S/c1-5-10-21(11-6-2)15(13-9-8-12(4)24-13)16-17(23)22-18(25-16)19-14(7-3)20-22/h5-6,8-9,15,23H,1-2,7,10-11H2,3-4H3. The van der Waals surface area contributed by atoms with Crippen LogP contribution in [0.1, 0.15) is 35.2 Å². The highest BCUT2D eigenvalue weighted by Gasteiger charge is 2.30. The van der Waals surface area contributed by atoms with Crippen molar-refractivity contribution in [3.63, 3.8) is 0 Å². The molecule has 0 aliphatic heterocycles. The smallest absolute Gasteiger partial charge is 0.230 e. The van der Waals surface area contributed by atoms with E-state index in [0.717, 1.165) is 22.8 Å². The van der Waals surface area contributed by atoms with Gasteiger partial charge in [-0.1, -0.05) is 30.4 Å². The monoisotopic (exact) mass is 358 g/mol. The van der Waals surface area contributed by atoms with E-state index in [-0.39, 0.29) is 11.9 Å². The lowest BCUT2D eigenvalue weighted by atomic mass is 10.1. The zero-order valence-electron chi connectivity index (χ0n) is 14.5. The van der Waals surface area contributed by atoms with E-state index in [0.29, 0.717) is 23.9 Å². The van der Waals surface area contributed by atoms with Gasteiger partial charge < -0.3 is 9.52 Å². The molecule has 0 bridgehead atoms. The average Bonchev–Trinajstić information content (AvgIpc) is 3.26. The number of hydrogen-bond acceptors (Lipinski definition) is 6. The number of fused-ring (bicyclic) bond motifs is 1. The van der Waals surface area contributed by atoms with E-state index < -0.39 is 0 Å². The fourth-order valence-electron chi connectivity index (χ4n) is 2.81. The zero-order valence-corrected chi connectivity index (χ0v) is 15.3. The van der Waals surface area contributed by atoms with Crippen molar-refractivity contribution in [3.05, 3.63) is 59.7 Å². The molecule has 1 atom stereocenters. The molecule has 3 rings (SSSR count). The van der Waals surface area contributed by atoms with E-state index in [2.05, 4.69) is 28.1 Å². The van der Waals surface area contributed by atoms with Crippen LogP contribution in [0.25, 0.3) is 4.96 Å². The Kier molecular flexibility index (Phi) is 5.06. The van der Waals surface area contributed by atoms with Crippen LogP contribution in [-0.2, 0) is 6.42 Å². The molecule has 1 N–H and O–H groups in total. The average molecular weight is 358 g/mol. The molecule has 3 aromatic rings. The van der Waals surface area contributed by atoms with E-state index in [1.54, 1.807) is 0 Å². The molecule has 1 unspecified atom stereocenters. The summed E-state index contributed by atoms with van der Waals surface area (Å²) in [6.07, 6.45) is 4.38. The van der Waals surface area contributed by atoms with Crippen molar-refractivity contribution >= 4 is 16.3 Å². The quantitative estimate of drug-likeness (QED) is 0.622. The summed E-state index contributed by atoms with van der Waals surface area (Å²) in [5.41, 5.74) is 0. The van der Waals surface area contributed by atoms with Crippen LogP contribution in [0.5, 0.6) is 5.88 Å². The first-order chi connectivity index (χ1) is 12.1. The summed E-state index contributed by atoms with van der Waals surface area (Å²) in [7, 11) is 0. The fourth-order valence-corrected chi connectivity index (χ4v) is 3.93. The van der Waals surface area contributed by atoms with Crippen molar-refractivity contribution in [2.24, 2.45) is 0 Å². The van der Waals surface area contributed by atoms with Crippen molar-refractivity contribution in [1.29, 1.82) is 0 Å². The van der Waals surface area contributed by atoms with Gasteiger partial charge in [0.2, 0.25) is 10.8 Å². The molecule has 3 aromatic heterocycles. The molecule has 6 nitrogen and oxygen atoms in total. The SMILES string of the molecule is C=CCN(CC=C)C(c1ccc(C)o1)c1sc2nc(CC)nn2c1O. The molecule has 0 aromatic carbocycles. The summed E-state index contributed by atoms with van der Waals surface area (Å²) < 4.78 is 7.38. The van der Waals surface area contributed by atoms with Crippen molar-refractivity contribution < 1.29 is 9.52 Å². The summed E-state index contributed by atoms with van der Waals surface area (Å²) in [6, 6.07) is 3.60. The molecule has 0 radical (unpaired) electrons. The molecule has 132 valence electrons. The first-order valence-electron chi connectivity index (χ1n) is 8.18. The number of aromatic nitrogens is 3. The van der Waals surface area contributed by atoms with E-state index in [1.165, 1.54) is 15.9 Å². The number of nitrogens with zero attached hydrogens (tertiary/aromatic N) is 4. The highest BCUT2D eigenvalue weighted by Crippen LogP contribution is 2.40. The van der Waals surface area contributed by atoms with E-state index in [9.17, 15) is 5.11 Å². The number of aryl methyl sites for hydroxylation is 2. The first-order valence-corrected chi connectivity index (χ1v) is 9.00. The van der Waals surface area contributed by atoms with Gasteiger partial charge >= 0.3 is 0 Å². The molecule has 0 spiro atoms. The van der Waals surface area contributed by atoms with Gasteiger partial charge in [-0.3, -0.25) is 4.90 Å². The van der Waals surface area contributed by atoms with Gasteiger partial charge in [-0.25, -0.2) is 4.98 Å². The number of rotatable bonds is 8. The molecular weight excluding hydrogens is 336 g/mol. The maximum atomic E-state index is 10.8. The minimum atomic E-state index is -0.261. The van der Waals surface area contributed by atoms with Crippen molar-refractivity contribution in [2.75, 3.05) is 13.1 Å². The van der Waals surface area contributed by atoms with Crippen LogP contribution in [0.4, 0.5) is 0 Å². The van der Waals surface area contributed by atoms with Crippen LogP contribution in [-0.4, -0.2) is 37.7 Å². The third-order valence-electron chi connectivity index (χ3n) is 3.93. The normalized spacial score (nSPS) is 12.8. The highest BCUT2D eigenvalue weighted by atomic mass is 32.1. The Labute approximate surface area is 150 Å². The van der Waals surface area contributed by atoms with E-state index in [1.807, 2.05) is 38.1 Å². The van der Waals surface area contributed by atoms with Crippen LogP contribution < -0.4 is 0 Å². The Morgan fingerprint density at radius 3 is 2.60 bits per heavy atom. The van der Waals surface area contributed by atoms with Gasteiger partial charge in [0.1, 0.15) is 17.6 Å². The van der Waals surface area contributed by atoms with Gasteiger partial charge in [0.15, 0.2) is 5.82 Å². The van der Waals surface area contributed by atoms with E-state index >= 15 is 0 Å². The zero-order chi connectivity index (χ0) is 18.0. The Morgan fingerprint density at radius 1 is 1.36 bits per heavy atom. The van der Waals surface area contributed by atoms with Crippen molar-refractivity contribution in [2.45, 2.75) is 26.3 Å². The minimum absolute atomic E-state index is 0.101. The predicted molar refractivity (Wildman–Crippen MR) is 99.2 cm³/mol. The Balaban J connectivity index is 2.13. The summed E-state index contributed by atoms with van der Waals surface area (Å²) in [6.45, 7) is 12.8. The molecule has 0 amide bonds.